The number of hydrogen-bond acceptors (Lipinski definition) is 1. The second-order valence-corrected chi connectivity index (χ2v) is 4.51. The Morgan fingerprint density at radius 3 is 2.62 bits per heavy atom. The van der Waals surface area contributed by atoms with Crippen molar-refractivity contribution in [3.63, 3.8) is 0 Å². The summed E-state index contributed by atoms with van der Waals surface area (Å²) in [5.41, 5.74) is 1.47. The fourth-order valence-electron chi connectivity index (χ4n) is 1.87. The van der Waals surface area contributed by atoms with E-state index in [1.807, 2.05) is 0 Å². The van der Waals surface area contributed by atoms with Crippen LogP contribution in [0.15, 0.2) is 28.7 Å². The molecule has 2 rings (SSSR count). The molecule has 13 heavy (non-hydrogen) atoms. The summed E-state index contributed by atoms with van der Waals surface area (Å²) in [7, 11) is 0. The molecule has 1 nitrogen and oxygen atoms in total. The number of benzene rings is 1. The molecule has 0 amide bonds. The Kier molecular flexibility index (Phi) is 3.01. The molecule has 1 aliphatic heterocycles. The Morgan fingerprint density at radius 2 is 2.00 bits per heavy atom. The molecule has 1 aromatic rings. The van der Waals surface area contributed by atoms with Crippen LogP contribution in [0, 0.1) is 0 Å². The minimum absolute atomic E-state index is 0.724. The molecule has 1 aliphatic rings. The van der Waals surface area contributed by atoms with Gasteiger partial charge in [-0.2, -0.15) is 0 Å². The van der Waals surface area contributed by atoms with Crippen molar-refractivity contribution >= 4 is 15.9 Å². The van der Waals surface area contributed by atoms with Crippen LogP contribution in [0.5, 0.6) is 0 Å². The second-order valence-electron chi connectivity index (χ2n) is 3.59. The van der Waals surface area contributed by atoms with Gasteiger partial charge in [0.25, 0.3) is 0 Å². The summed E-state index contributed by atoms with van der Waals surface area (Å²) >= 11 is 3.45. The van der Waals surface area contributed by atoms with Crippen molar-refractivity contribution in [3.05, 3.63) is 34.3 Å². The molecule has 0 radical (unpaired) electrons. The van der Waals surface area contributed by atoms with Gasteiger partial charge in [0, 0.05) is 11.0 Å². The third-order valence-corrected chi connectivity index (χ3v) is 3.17. The molecule has 1 fully saturated rings. The van der Waals surface area contributed by atoms with E-state index in [0.717, 1.165) is 12.5 Å². The van der Waals surface area contributed by atoms with Crippen LogP contribution in [0.1, 0.15) is 24.3 Å². The third-order valence-electron chi connectivity index (χ3n) is 2.64. The van der Waals surface area contributed by atoms with Gasteiger partial charge in [0.1, 0.15) is 0 Å². The number of rotatable bonds is 1. The van der Waals surface area contributed by atoms with E-state index < -0.39 is 0 Å². The molecule has 0 spiro atoms. The highest BCUT2D eigenvalue weighted by Crippen LogP contribution is 2.24. The lowest BCUT2D eigenvalue weighted by Crippen LogP contribution is -2.28. The molecule has 1 N–H and O–H groups in total. The number of nitrogens with one attached hydrogen (secondary N) is 1. The Labute approximate surface area is 87.7 Å². The van der Waals surface area contributed by atoms with Gasteiger partial charge in [0.2, 0.25) is 0 Å². The lowest BCUT2D eigenvalue weighted by molar-refractivity contribution is 0.461. The molecule has 0 bridgehead atoms. The highest BCUT2D eigenvalue weighted by atomic mass is 79.9. The molecule has 1 aromatic carbocycles. The van der Waals surface area contributed by atoms with E-state index in [4.69, 9.17) is 0 Å². The second kappa shape index (κ2) is 4.25. The molecule has 2 heteroatoms. The SMILES string of the molecule is Brc1ccc([C@@H]2CCCNC2)cc1. The monoisotopic (exact) mass is 239 g/mol. The number of halogens is 1. The largest absolute Gasteiger partial charge is 0.316 e. The molecule has 1 atom stereocenters. The molecular formula is C11H14BrN. The van der Waals surface area contributed by atoms with Crippen LogP contribution in [0.2, 0.25) is 0 Å². The molecule has 0 aromatic heterocycles. The average molecular weight is 240 g/mol. The summed E-state index contributed by atoms with van der Waals surface area (Å²) < 4.78 is 1.17. The van der Waals surface area contributed by atoms with Crippen molar-refractivity contribution in [2.75, 3.05) is 13.1 Å². The summed E-state index contributed by atoms with van der Waals surface area (Å²) in [6.45, 7) is 2.33. The summed E-state index contributed by atoms with van der Waals surface area (Å²) in [5.74, 6) is 0.724. The zero-order valence-electron chi connectivity index (χ0n) is 7.59. The Bertz CT molecular complexity index is 262. The summed E-state index contributed by atoms with van der Waals surface area (Å²) in [5, 5.41) is 3.44. The van der Waals surface area contributed by atoms with Crippen molar-refractivity contribution in [2.24, 2.45) is 0 Å². The van der Waals surface area contributed by atoms with Crippen molar-refractivity contribution in [3.8, 4) is 0 Å². The maximum atomic E-state index is 3.45. The first kappa shape index (κ1) is 9.22. The zero-order valence-corrected chi connectivity index (χ0v) is 9.18. The smallest absolute Gasteiger partial charge is 0.0175 e. The highest BCUT2D eigenvalue weighted by Gasteiger charge is 2.14. The van der Waals surface area contributed by atoms with Crippen molar-refractivity contribution < 1.29 is 0 Å². The minimum atomic E-state index is 0.724. The van der Waals surface area contributed by atoms with Crippen molar-refractivity contribution in [1.29, 1.82) is 0 Å². The van der Waals surface area contributed by atoms with Crippen LogP contribution < -0.4 is 5.32 Å². The van der Waals surface area contributed by atoms with E-state index >= 15 is 0 Å². The van der Waals surface area contributed by atoms with Gasteiger partial charge >= 0.3 is 0 Å². The highest BCUT2D eigenvalue weighted by molar-refractivity contribution is 9.10. The first-order chi connectivity index (χ1) is 6.36. The van der Waals surface area contributed by atoms with Crippen LogP contribution in [0.4, 0.5) is 0 Å². The van der Waals surface area contributed by atoms with Gasteiger partial charge < -0.3 is 5.32 Å². The topological polar surface area (TPSA) is 12.0 Å². The maximum Gasteiger partial charge on any atom is 0.0175 e. The van der Waals surface area contributed by atoms with Crippen molar-refractivity contribution in [2.45, 2.75) is 18.8 Å². The fourth-order valence-corrected chi connectivity index (χ4v) is 2.14. The lowest BCUT2D eigenvalue weighted by atomic mass is 9.92. The Balaban J connectivity index is 2.10. The van der Waals surface area contributed by atoms with Gasteiger partial charge in [0.05, 0.1) is 0 Å². The van der Waals surface area contributed by atoms with Gasteiger partial charge in [0.15, 0.2) is 0 Å². The third kappa shape index (κ3) is 2.32. The van der Waals surface area contributed by atoms with Crippen LogP contribution in [-0.2, 0) is 0 Å². The van der Waals surface area contributed by atoms with E-state index in [9.17, 15) is 0 Å². The van der Waals surface area contributed by atoms with Crippen molar-refractivity contribution in [1.82, 2.24) is 5.32 Å². The van der Waals surface area contributed by atoms with Gasteiger partial charge in [-0.1, -0.05) is 28.1 Å². The number of hydrogen-bond donors (Lipinski definition) is 1. The standard InChI is InChI=1S/C11H14BrN/c12-11-5-3-9(4-6-11)10-2-1-7-13-8-10/h3-6,10,13H,1-2,7-8H2/t10-/m1/s1. The van der Waals surface area contributed by atoms with Crippen LogP contribution in [0.25, 0.3) is 0 Å². The minimum Gasteiger partial charge on any atom is -0.316 e. The first-order valence-corrected chi connectivity index (χ1v) is 5.62. The van der Waals surface area contributed by atoms with Gasteiger partial charge in [-0.3, -0.25) is 0 Å². The molecular weight excluding hydrogens is 226 g/mol. The quantitative estimate of drug-likeness (QED) is 0.795. The van der Waals surface area contributed by atoms with E-state index in [1.165, 1.54) is 29.4 Å². The first-order valence-electron chi connectivity index (χ1n) is 4.82. The maximum absolute atomic E-state index is 3.45. The summed E-state index contributed by atoms with van der Waals surface area (Å²) in [6.07, 6.45) is 2.63. The van der Waals surface area contributed by atoms with Crippen LogP contribution in [0.3, 0.4) is 0 Å². The predicted molar refractivity (Wildman–Crippen MR) is 59.0 cm³/mol. The van der Waals surface area contributed by atoms with Gasteiger partial charge in [-0.05, 0) is 43.0 Å². The Morgan fingerprint density at radius 1 is 1.23 bits per heavy atom. The normalized spacial score (nSPS) is 23.0. The lowest BCUT2D eigenvalue weighted by Gasteiger charge is -2.22. The van der Waals surface area contributed by atoms with E-state index in [0.29, 0.717) is 0 Å². The molecule has 1 saturated heterocycles. The Hall–Kier alpha value is -0.340. The van der Waals surface area contributed by atoms with E-state index in [1.54, 1.807) is 0 Å². The molecule has 0 aliphatic carbocycles. The zero-order chi connectivity index (χ0) is 9.10. The number of piperidine rings is 1. The molecule has 1 heterocycles. The molecule has 0 unspecified atom stereocenters. The van der Waals surface area contributed by atoms with Crippen LogP contribution >= 0.6 is 15.9 Å². The van der Waals surface area contributed by atoms with Crippen LogP contribution in [-0.4, -0.2) is 13.1 Å². The summed E-state index contributed by atoms with van der Waals surface area (Å²) in [6, 6.07) is 8.71. The van der Waals surface area contributed by atoms with E-state index in [2.05, 4.69) is 45.5 Å². The van der Waals surface area contributed by atoms with Gasteiger partial charge in [-0.15, -0.1) is 0 Å². The average Bonchev–Trinajstić information content (AvgIpc) is 2.20. The summed E-state index contributed by atoms with van der Waals surface area (Å²) in [4.78, 5) is 0. The molecule has 70 valence electrons. The molecule has 0 saturated carbocycles. The fraction of sp³-hybridized carbons (Fsp3) is 0.455. The predicted octanol–water partition coefficient (Wildman–Crippen LogP) is 2.92. The van der Waals surface area contributed by atoms with Gasteiger partial charge in [-0.25, -0.2) is 0 Å². The van der Waals surface area contributed by atoms with E-state index in [-0.39, 0.29) is 0 Å².